The number of benzene rings is 1. The average molecular weight is 346 g/mol. The molecule has 130 valence electrons. The molecular formula is C18H27N5S. The summed E-state index contributed by atoms with van der Waals surface area (Å²) in [5, 5.41) is 7.72. The zero-order valence-corrected chi connectivity index (χ0v) is 15.8. The van der Waals surface area contributed by atoms with Gasteiger partial charge in [-0.25, -0.2) is 0 Å². The van der Waals surface area contributed by atoms with E-state index in [1.54, 1.807) is 11.8 Å². The summed E-state index contributed by atoms with van der Waals surface area (Å²) in [5.41, 5.74) is 2.48. The predicted octanol–water partition coefficient (Wildman–Crippen LogP) is 3.01. The number of aromatic nitrogens is 2. The Morgan fingerprint density at radius 1 is 1.33 bits per heavy atom. The van der Waals surface area contributed by atoms with Crippen LogP contribution in [0.25, 0.3) is 0 Å². The first-order valence-electron chi connectivity index (χ1n) is 8.16. The van der Waals surface area contributed by atoms with Crippen molar-refractivity contribution in [1.82, 2.24) is 20.0 Å². The lowest BCUT2D eigenvalue weighted by Crippen LogP contribution is -2.39. The van der Waals surface area contributed by atoms with E-state index in [2.05, 4.69) is 71.0 Å². The highest BCUT2D eigenvalue weighted by molar-refractivity contribution is 7.98. The fourth-order valence-corrected chi connectivity index (χ4v) is 2.90. The van der Waals surface area contributed by atoms with Gasteiger partial charge in [0.2, 0.25) is 0 Å². The molecule has 0 bridgehead atoms. The molecule has 5 nitrogen and oxygen atoms in total. The van der Waals surface area contributed by atoms with Gasteiger partial charge < -0.3 is 10.2 Å². The molecular weight excluding hydrogens is 318 g/mol. The van der Waals surface area contributed by atoms with Crippen LogP contribution in [0.1, 0.15) is 17.5 Å². The fourth-order valence-electron chi connectivity index (χ4n) is 2.49. The molecule has 0 saturated heterocycles. The van der Waals surface area contributed by atoms with E-state index in [1.165, 1.54) is 16.0 Å². The van der Waals surface area contributed by atoms with Crippen molar-refractivity contribution < 1.29 is 0 Å². The van der Waals surface area contributed by atoms with Crippen molar-refractivity contribution in [3.8, 4) is 0 Å². The van der Waals surface area contributed by atoms with Gasteiger partial charge in [0.25, 0.3) is 0 Å². The fraction of sp³-hybridized carbons (Fsp3) is 0.444. The summed E-state index contributed by atoms with van der Waals surface area (Å²) >= 11 is 1.76. The maximum atomic E-state index is 4.37. The molecule has 0 fully saturated rings. The first-order chi connectivity index (χ1) is 11.6. The number of hydrogen-bond donors (Lipinski definition) is 1. The highest BCUT2D eigenvalue weighted by atomic mass is 32.2. The molecule has 0 aliphatic rings. The molecule has 2 rings (SSSR count). The van der Waals surface area contributed by atoms with E-state index >= 15 is 0 Å². The van der Waals surface area contributed by atoms with E-state index in [0.29, 0.717) is 0 Å². The summed E-state index contributed by atoms with van der Waals surface area (Å²) in [7, 11) is 3.89. The molecule has 0 unspecified atom stereocenters. The van der Waals surface area contributed by atoms with Crippen molar-refractivity contribution in [1.29, 1.82) is 0 Å². The number of nitrogens with one attached hydrogen (secondary N) is 1. The lowest BCUT2D eigenvalue weighted by Gasteiger charge is -2.22. The Kier molecular flexibility index (Phi) is 7.18. The highest BCUT2D eigenvalue weighted by Gasteiger charge is 2.06. The van der Waals surface area contributed by atoms with Crippen LogP contribution in [0, 0.1) is 6.92 Å². The maximum Gasteiger partial charge on any atom is 0.193 e. The second-order valence-electron chi connectivity index (χ2n) is 5.81. The quantitative estimate of drug-likeness (QED) is 0.363. The standard InChI is InChI=1S/C18H27N5S/c1-15-12-21-23(13-15)11-5-10-20-18(19-2)22(3)14-16-6-8-17(24-4)9-7-16/h6-9,12-13H,5,10-11,14H2,1-4H3,(H,19,20). The average Bonchev–Trinajstić information content (AvgIpc) is 3.01. The van der Waals surface area contributed by atoms with Crippen molar-refractivity contribution in [3.63, 3.8) is 0 Å². The van der Waals surface area contributed by atoms with Crippen LogP contribution in [0.3, 0.4) is 0 Å². The van der Waals surface area contributed by atoms with Crippen LogP contribution in [-0.4, -0.2) is 47.5 Å². The van der Waals surface area contributed by atoms with Crippen LogP contribution in [0.15, 0.2) is 46.5 Å². The molecule has 2 aromatic rings. The van der Waals surface area contributed by atoms with Gasteiger partial charge in [0.05, 0.1) is 6.20 Å². The van der Waals surface area contributed by atoms with E-state index in [9.17, 15) is 0 Å². The molecule has 24 heavy (non-hydrogen) atoms. The molecule has 0 atom stereocenters. The molecule has 0 aliphatic heterocycles. The van der Waals surface area contributed by atoms with Gasteiger partial charge in [0, 0.05) is 44.8 Å². The third-order valence-electron chi connectivity index (χ3n) is 3.76. The van der Waals surface area contributed by atoms with Crippen LogP contribution in [0.5, 0.6) is 0 Å². The van der Waals surface area contributed by atoms with Gasteiger partial charge >= 0.3 is 0 Å². The zero-order valence-electron chi connectivity index (χ0n) is 15.0. The van der Waals surface area contributed by atoms with Crippen molar-refractivity contribution in [2.24, 2.45) is 4.99 Å². The second-order valence-corrected chi connectivity index (χ2v) is 6.69. The number of rotatable bonds is 7. The third kappa shape index (κ3) is 5.60. The minimum Gasteiger partial charge on any atom is -0.356 e. The van der Waals surface area contributed by atoms with Crippen LogP contribution in [0.2, 0.25) is 0 Å². The van der Waals surface area contributed by atoms with Crippen LogP contribution < -0.4 is 5.32 Å². The number of thioether (sulfide) groups is 1. The Labute approximate surface area is 149 Å². The van der Waals surface area contributed by atoms with E-state index < -0.39 is 0 Å². The molecule has 0 aliphatic carbocycles. The molecule has 0 saturated carbocycles. The van der Waals surface area contributed by atoms with Crippen LogP contribution >= 0.6 is 11.8 Å². The highest BCUT2D eigenvalue weighted by Crippen LogP contribution is 2.15. The smallest absolute Gasteiger partial charge is 0.193 e. The summed E-state index contributed by atoms with van der Waals surface area (Å²) < 4.78 is 1.98. The molecule has 1 aromatic carbocycles. The normalized spacial score (nSPS) is 11.6. The minimum atomic E-state index is 0.840. The van der Waals surface area contributed by atoms with Gasteiger partial charge in [-0.3, -0.25) is 9.67 Å². The molecule has 0 spiro atoms. The number of aliphatic imine (C=N–C) groups is 1. The van der Waals surface area contributed by atoms with Crippen LogP contribution in [-0.2, 0) is 13.1 Å². The Balaban J connectivity index is 1.77. The van der Waals surface area contributed by atoms with Gasteiger partial charge in [0.1, 0.15) is 0 Å². The maximum absolute atomic E-state index is 4.37. The van der Waals surface area contributed by atoms with Crippen molar-refractivity contribution >= 4 is 17.7 Å². The minimum absolute atomic E-state index is 0.840. The largest absolute Gasteiger partial charge is 0.356 e. The summed E-state index contributed by atoms with van der Waals surface area (Å²) in [4.78, 5) is 7.81. The summed E-state index contributed by atoms with van der Waals surface area (Å²) in [6, 6.07) is 8.68. The first-order valence-corrected chi connectivity index (χ1v) is 9.38. The number of nitrogens with zero attached hydrogens (tertiary/aromatic N) is 4. The molecule has 1 aromatic heterocycles. The van der Waals surface area contributed by atoms with Gasteiger partial charge in [0.15, 0.2) is 5.96 Å². The van der Waals surface area contributed by atoms with Crippen molar-refractivity contribution in [2.45, 2.75) is 31.3 Å². The third-order valence-corrected chi connectivity index (χ3v) is 4.51. The Morgan fingerprint density at radius 2 is 2.08 bits per heavy atom. The topological polar surface area (TPSA) is 45.5 Å². The predicted molar refractivity (Wildman–Crippen MR) is 103 cm³/mol. The summed E-state index contributed by atoms with van der Waals surface area (Å²) in [5.74, 6) is 0.917. The zero-order chi connectivity index (χ0) is 17.4. The van der Waals surface area contributed by atoms with E-state index in [4.69, 9.17) is 0 Å². The molecule has 1 N–H and O–H groups in total. The Hall–Kier alpha value is -1.95. The van der Waals surface area contributed by atoms with Crippen molar-refractivity contribution in [3.05, 3.63) is 47.8 Å². The lowest BCUT2D eigenvalue weighted by molar-refractivity contribution is 0.471. The van der Waals surface area contributed by atoms with Gasteiger partial charge in [-0.2, -0.15) is 5.10 Å². The second kappa shape index (κ2) is 9.37. The summed E-state index contributed by atoms with van der Waals surface area (Å²) in [6.45, 7) is 4.69. The Bertz CT molecular complexity index is 648. The first kappa shape index (κ1) is 18.4. The molecule has 0 amide bonds. The number of guanidine groups is 1. The van der Waals surface area contributed by atoms with Gasteiger partial charge in [-0.15, -0.1) is 11.8 Å². The molecule has 1 heterocycles. The van der Waals surface area contributed by atoms with Gasteiger partial charge in [-0.05, 0) is 42.9 Å². The van der Waals surface area contributed by atoms with Gasteiger partial charge in [-0.1, -0.05) is 12.1 Å². The van der Waals surface area contributed by atoms with E-state index in [1.807, 2.05) is 17.9 Å². The number of aryl methyl sites for hydroxylation is 2. The SMILES string of the molecule is CN=C(NCCCn1cc(C)cn1)N(C)Cc1ccc(SC)cc1. The molecule has 6 heteroatoms. The lowest BCUT2D eigenvalue weighted by atomic mass is 10.2. The van der Waals surface area contributed by atoms with Crippen LogP contribution in [0.4, 0.5) is 0 Å². The van der Waals surface area contributed by atoms with E-state index in [-0.39, 0.29) is 0 Å². The number of hydrogen-bond acceptors (Lipinski definition) is 3. The Morgan fingerprint density at radius 3 is 2.67 bits per heavy atom. The van der Waals surface area contributed by atoms with E-state index in [0.717, 1.165) is 32.0 Å². The summed E-state index contributed by atoms with van der Waals surface area (Å²) in [6.07, 6.45) is 7.06. The van der Waals surface area contributed by atoms with Crippen molar-refractivity contribution in [2.75, 3.05) is 26.9 Å². The molecule has 0 radical (unpaired) electrons. The monoisotopic (exact) mass is 345 g/mol.